The van der Waals surface area contributed by atoms with Crippen molar-refractivity contribution in [2.75, 3.05) is 12.9 Å². The molecule has 0 aliphatic carbocycles. The van der Waals surface area contributed by atoms with Gasteiger partial charge in [0.05, 0.1) is 23.5 Å². The fourth-order valence-electron chi connectivity index (χ4n) is 1.15. The Balaban J connectivity index is 2.91. The van der Waals surface area contributed by atoms with E-state index in [2.05, 4.69) is 0 Å². The first-order valence-corrected chi connectivity index (χ1v) is 6.61. The van der Waals surface area contributed by atoms with Crippen LogP contribution in [0.15, 0.2) is 41.0 Å². The Kier molecular flexibility index (Phi) is 4.12. The van der Waals surface area contributed by atoms with Crippen molar-refractivity contribution in [1.29, 1.82) is 0 Å². The highest BCUT2D eigenvalue weighted by Crippen LogP contribution is 2.12. The van der Waals surface area contributed by atoms with E-state index in [1.165, 1.54) is 7.11 Å². The van der Waals surface area contributed by atoms with Crippen LogP contribution in [0.5, 0.6) is 0 Å². The van der Waals surface area contributed by atoms with Crippen LogP contribution < -0.4 is 0 Å². The predicted octanol–water partition coefficient (Wildman–Crippen LogP) is 2.32. The second-order valence-electron chi connectivity index (χ2n) is 3.61. The number of aryl methyl sites for hydroxylation is 1. The number of rotatable bonds is 4. The quantitative estimate of drug-likeness (QED) is 0.759. The van der Waals surface area contributed by atoms with Crippen molar-refractivity contribution in [1.82, 2.24) is 0 Å². The predicted molar refractivity (Wildman–Crippen MR) is 64.0 cm³/mol. The first-order chi connectivity index (χ1) is 7.45. The summed E-state index contributed by atoms with van der Waals surface area (Å²) in [5, 5.41) is 0. The van der Waals surface area contributed by atoms with Gasteiger partial charge >= 0.3 is 0 Å². The molecule has 1 aromatic rings. The van der Waals surface area contributed by atoms with E-state index in [1.807, 2.05) is 6.92 Å². The molecule has 0 fully saturated rings. The van der Waals surface area contributed by atoms with Gasteiger partial charge in [-0.15, -0.1) is 0 Å². The molecule has 3 nitrogen and oxygen atoms in total. The first-order valence-electron chi connectivity index (χ1n) is 4.96. The molecular weight excluding hydrogens is 224 g/mol. The Labute approximate surface area is 96.7 Å². The average molecular weight is 240 g/mol. The van der Waals surface area contributed by atoms with Crippen molar-refractivity contribution in [3.63, 3.8) is 0 Å². The molecule has 0 spiro atoms. The second-order valence-corrected chi connectivity index (χ2v) is 5.65. The van der Waals surface area contributed by atoms with Crippen LogP contribution in [0.25, 0.3) is 0 Å². The van der Waals surface area contributed by atoms with E-state index in [0.717, 1.165) is 5.56 Å². The van der Waals surface area contributed by atoms with E-state index >= 15 is 0 Å². The molecule has 0 bridgehead atoms. The third-order valence-electron chi connectivity index (χ3n) is 2.29. The van der Waals surface area contributed by atoms with Gasteiger partial charge in [0.15, 0.2) is 9.84 Å². The lowest BCUT2D eigenvalue weighted by atomic mass is 10.2. The zero-order chi connectivity index (χ0) is 12.2. The van der Waals surface area contributed by atoms with Gasteiger partial charge in [0, 0.05) is 0 Å². The monoisotopic (exact) mass is 240 g/mol. The van der Waals surface area contributed by atoms with Crippen molar-refractivity contribution in [2.24, 2.45) is 0 Å². The van der Waals surface area contributed by atoms with Crippen LogP contribution in [0.4, 0.5) is 0 Å². The van der Waals surface area contributed by atoms with Gasteiger partial charge in [0.1, 0.15) is 0 Å². The van der Waals surface area contributed by atoms with E-state index in [4.69, 9.17) is 4.74 Å². The summed E-state index contributed by atoms with van der Waals surface area (Å²) in [5.41, 5.74) is 1.04. The van der Waals surface area contributed by atoms with E-state index < -0.39 is 9.84 Å². The van der Waals surface area contributed by atoms with Gasteiger partial charge in [0.2, 0.25) is 0 Å². The van der Waals surface area contributed by atoms with Gasteiger partial charge in [0.25, 0.3) is 0 Å². The SMILES string of the molecule is CO/C(C)=C\CS(=O)(=O)c1ccc(C)cc1. The molecule has 4 heteroatoms. The molecule has 0 N–H and O–H groups in total. The lowest BCUT2D eigenvalue weighted by Crippen LogP contribution is -2.05. The Morgan fingerprint density at radius 3 is 2.38 bits per heavy atom. The maximum Gasteiger partial charge on any atom is 0.182 e. The maximum atomic E-state index is 11.9. The van der Waals surface area contributed by atoms with Gasteiger partial charge < -0.3 is 4.74 Å². The molecule has 0 atom stereocenters. The number of hydrogen-bond acceptors (Lipinski definition) is 3. The van der Waals surface area contributed by atoms with E-state index in [9.17, 15) is 8.42 Å². The molecule has 88 valence electrons. The number of methoxy groups -OCH3 is 1. The average Bonchev–Trinajstić information content (AvgIpc) is 2.26. The number of benzene rings is 1. The molecule has 0 aromatic heterocycles. The molecule has 0 heterocycles. The third kappa shape index (κ3) is 3.38. The normalized spacial score (nSPS) is 12.6. The summed E-state index contributed by atoms with van der Waals surface area (Å²) >= 11 is 0. The molecule has 16 heavy (non-hydrogen) atoms. The van der Waals surface area contributed by atoms with E-state index in [1.54, 1.807) is 37.3 Å². The summed E-state index contributed by atoms with van der Waals surface area (Å²) in [4.78, 5) is 0.346. The minimum absolute atomic E-state index is 0.0320. The molecule has 0 aliphatic heterocycles. The number of allylic oxidation sites excluding steroid dienone is 1. The summed E-state index contributed by atoms with van der Waals surface area (Å²) in [6.45, 7) is 3.65. The molecule has 0 unspecified atom stereocenters. The molecule has 1 aromatic carbocycles. The van der Waals surface area contributed by atoms with Crippen LogP contribution in [0.2, 0.25) is 0 Å². The number of sulfone groups is 1. The molecule has 0 saturated carbocycles. The Hall–Kier alpha value is -1.29. The molecule has 0 radical (unpaired) electrons. The van der Waals surface area contributed by atoms with Gasteiger partial charge in [-0.1, -0.05) is 17.7 Å². The van der Waals surface area contributed by atoms with Gasteiger partial charge in [-0.25, -0.2) is 8.42 Å². The minimum Gasteiger partial charge on any atom is -0.502 e. The fraction of sp³-hybridized carbons (Fsp3) is 0.333. The number of ether oxygens (including phenoxy) is 1. The van der Waals surface area contributed by atoms with Crippen LogP contribution in [0.3, 0.4) is 0 Å². The van der Waals surface area contributed by atoms with E-state index in [-0.39, 0.29) is 5.75 Å². The largest absolute Gasteiger partial charge is 0.502 e. The molecule has 1 rings (SSSR count). The summed E-state index contributed by atoms with van der Waals surface area (Å²) in [6, 6.07) is 6.83. The minimum atomic E-state index is -3.24. The molecule has 0 aliphatic rings. The van der Waals surface area contributed by atoms with Crippen molar-refractivity contribution in [2.45, 2.75) is 18.7 Å². The Morgan fingerprint density at radius 2 is 1.88 bits per heavy atom. The van der Waals surface area contributed by atoms with Crippen LogP contribution >= 0.6 is 0 Å². The number of hydrogen-bond donors (Lipinski definition) is 0. The standard InChI is InChI=1S/C12H16O3S/c1-10-4-6-12(7-5-10)16(13,14)9-8-11(2)15-3/h4-8H,9H2,1-3H3/b11-8-. The first kappa shape index (κ1) is 12.8. The van der Waals surface area contributed by atoms with E-state index in [0.29, 0.717) is 10.7 Å². The zero-order valence-electron chi connectivity index (χ0n) is 9.73. The van der Waals surface area contributed by atoms with Crippen molar-refractivity contribution in [3.8, 4) is 0 Å². The topological polar surface area (TPSA) is 43.4 Å². The lowest BCUT2D eigenvalue weighted by molar-refractivity contribution is 0.293. The summed E-state index contributed by atoms with van der Waals surface area (Å²) < 4.78 is 28.6. The van der Waals surface area contributed by atoms with Crippen LogP contribution in [0, 0.1) is 6.92 Å². The highest BCUT2D eigenvalue weighted by molar-refractivity contribution is 7.91. The Morgan fingerprint density at radius 1 is 1.31 bits per heavy atom. The molecule has 0 saturated heterocycles. The third-order valence-corrected chi connectivity index (χ3v) is 3.89. The highest BCUT2D eigenvalue weighted by Gasteiger charge is 2.12. The summed E-state index contributed by atoms with van der Waals surface area (Å²) in [5.74, 6) is 0.575. The van der Waals surface area contributed by atoms with Crippen LogP contribution in [-0.4, -0.2) is 21.3 Å². The van der Waals surface area contributed by atoms with Crippen LogP contribution in [-0.2, 0) is 14.6 Å². The van der Waals surface area contributed by atoms with Crippen molar-refractivity contribution in [3.05, 3.63) is 41.7 Å². The van der Waals surface area contributed by atoms with Gasteiger partial charge in [-0.3, -0.25) is 0 Å². The van der Waals surface area contributed by atoms with Gasteiger partial charge in [-0.05, 0) is 32.1 Å². The fourth-order valence-corrected chi connectivity index (χ4v) is 2.35. The lowest BCUT2D eigenvalue weighted by Gasteiger charge is -2.03. The van der Waals surface area contributed by atoms with Crippen molar-refractivity contribution >= 4 is 9.84 Å². The molecular formula is C12H16O3S. The van der Waals surface area contributed by atoms with Crippen LogP contribution in [0.1, 0.15) is 12.5 Å². The zero-order valence-corrected chi connectivity index (χ0v) is 10.5. The van der Waals surface area contributed by atoms with Gasteiger partial charge in [-0.2, -0.15) is 0 Å². The summed E-state index contributed by atoms with van der Waals surface area (Å²) in [7, 11) is -1.72. The smallest absolute Gasteiger partial charge is 0.182 e. The second kappa shape index (κ2) is 5.16. The maximum absolute atomic E-state index is 11.9. The highest BCUT2D eigenvalue weighted by atomic mass is 32.2. The Bertz CT molecular complexity index is 469. The summed E-state index contributed by atoms with van der Waals surface area (Å²) in [6.07, 6.45) is 1.56. The van der Waals surface area contributed by atoms with Crippen molar-refractivity contribution < 1.29 is 13.2 Å². The molecule has 0 amide bonds.